The monoisotopic (exact) mass is 452 g/mol. The van der Waals surface area contributed by atoms with E-state index in [1.807, 2.05) is 13.8 Å². The van der Waals surface area contributed by atoms with Crippen LogP contribution in [0.2, 0.25) is 0 Å². The second-order valence-electron chi connectivity index (χ2n) is 9.27. The van der Waals surface area contributed by atoms with E-state index in [4.69, 9.17) is 4.18 Å². The molecule has 0 aliphatic carbocycles. The number of aryl methyl sites for hydroxylation is 1. The summed E-state index contributed by atoms with van der Waals surface area (Å²) in [5, 5.41) is 0. The molecule has 1 aromatic rings. The van der Waals surface area contributed by atoms with E-state index in [1.54, 1.807) is 24.3 Å². The highest BCUT2D eigenvalue weighted by Crippen LogP contribution is 2.18. The first kappa shape index (κ1) is 28.2. The van der Waals surface area contributed by atoms with Gasteiger partial charge in [0.2, 0.25) is 0 Å². The molecule has 0 aliphatic rings. The van der Waals surface area contributed by atoms with E-state index in [9.17, 15) is 8.42 Å². The van der Waals surface area contributed by atoms with Crippen LogP contribution in [0.25, 0.3) is 0 Å². The van der Waals surface area contributed by atoms with Crippen molar-refractivity contribution in [1.82, 2.24) is 0 Å². The molecule has 0 aromatic heterocycles. The van der Waals surface area contributed by atoms with E-state index < -0.39 is 10.1 Å². The normalized spacial score (nSPS) is 12.9. The summed E-state index contributed by atoms with van der Waals surface area (Å²) >= 11 is 0. The predicted molar refractivity (Wildman–Crippen MR) is 133 cm³/mol. The van der Waals surface area contributed by atoms with Gasteiger partial charge in [-0.15, -0.1) is 0 Å². The Morgan fingerprint density at radius 1 is 0.677 bits per heavy atom. The summed E-state index contributed by atoms with van der Waals surface area (Å²) in [6, 6.07) is 6.84. The Balaban J connectivity index is 1.92. The summed E-state index contributed by atoms with van der Waals surface area (Å²) in [5.74, 6) is 0. The first-order chi connectivity index (χ1) is 15.0. The molecule has 0 spiro atoms. The molecule has 0 N–H and O–H groups in total. The minimum Gasteiger partial charge on any atom is -0.263 e. The molecular weight excluding hydrogens is 404 g/mol. The van der Waals surface area contributed by atoms with E-state index in [1.165, 1.54) is 89.9 Å². The fraction of sp³-hybridized carbons (Fsp3) is 0.778. The lowest BCUT2D eigenvalue weighted by atomic mass is 10.0. The zero-order valence-electron chi connectivity index (χ0n) is 20.5. The predicted octanol–water partition coefficient (Wildman–Crippen LogP) is 8.74. The van der Waals surface area contributed by atoms with Crippen LogP contribution in [-0.2, 0) is 14.3 Å². The van der Waals surface area contributed by atoms with Crippen LogP contribution in [0.5, 0.6) is 0 Å². The Kier molecular flexibility index (Phi) is 16.0. The number of hydrogen-bond acceptors (Lipinski definition) is 3. The van der Waals surface area contributed by atoms with Crippen LogP contribution < -0.4 is 0 Å². The first-order valence-corrected chi connectivity index (χ1v) is 14.4. The van der Waals surface area contributed by atoms with Gasteiger partial charge in [-0.3, -0.25) is 4.18 Å². The number of rotatable bonds is 20. The lowest BCUT2D eigenvalue weighted by Crippen LogP contribution is -2.15. The number of unbranched alkanes of at least 4 members (excludes halogenated alkanes) is 15. The minimum absolute atomic E-state index is 0.247. The highest BCUT2D eigenvalue weighted by molar-refractivity contribution is 7.86. The molecule has 1 atom stereocenters. The lowest BCUT2D eigenvalue weighted by molar-refractivity contribution is 0.213. The molecule has 0 amide bonds. The number of benzene rings is 1. The zero-order chi connectivity index (χ0) is 22.8. The van der Waals surface area contributed by atoms with Gasteiger partial charge in [-0.1, -0.05) is 127 Å². The number of hydrogen-bond donors (Lipinski definition) is 0. The van der Waals surface area contributed by atoms with Crippen molar-refractivity contribution in [3.63, 3.8) is 0 Å². The molecule has 0 radical (unpaired) electrons. The lowest BCUT2D eigenvalue weighted by Gasteiger charge is -2.13. The summed E-state index contributed by atoms with van der Waals surface area (Å²) in [6.07, 6.45) is 22.1. The zero-order valence-corrected chi connectivity index (χ0v) is 21.4. The van der Waals surface area contributed by atoms with Crippen molar-refractivity contribution >= 4 is 10.1 Å². The second-order valence-corrected chi connectivity index (χ2v) is 10.8. The van der Waals surface area contributed by atoms with Crippen molar-refractivity contribution in [1.29, 1.82) is 0 Å². The SMILES string of the molecule is CCCCCCCCCCCCCCCCCCC(C)OS(=O)(=O)c1ccc(C)cc1. The summed E-state index contributed by atoms with van der Waals surface area (Å²) < 4.78 is 30.0. The molecule has 0 fully saturated rings. The van der Waals surface area contributed by atoms with E-state index in [0.29, 0.717) is 0 Å². The maximum Gasteiger partial charge on any atom is 0.297 e. The van der Waals surface area contributed by atoms with Gasteiger partial charge in [0.25, 0.3) is 10.1 Å². The molecule has 0 aliphatic heterocycles. The quantitative estimate of drug-likeness (QED) is 0.147. The van der Waals surface area contributed by atoms with E-state index in [0.717, 1.165) is 24.8 Å². The molecule has 31 heavy (non-hydrogen) atoms. The molecular formula is C27H48O3S. The molecule has 1 rings (SSSR count). The van der Waals surface area contributed by atoms with Gasteiger partial charge in [0.05, 0.1) is 11.0 Å². The Morgan fingerprint density at radius 2 is 1.06 bits per heavy atom. The van der Waals surface area contributed by atoms with Crippen molar-refractivity contribution in [2.45, 2.75) is 141 Å². The van der Waals surface area contributed by atoms with Gasteiger partial charge in [-0.05, 0) is 32.4 Å². The summed E-state index contributed by atoms with van der Waals surface area (Å²) in [4.78, 5) is 0.247. The second kappa shape index (κ2) is 17.7. The van der Waals surface area contributed by atoms with Gasteiger partial charge in [0.15, 0.2) is 0 Å². The highest BCUT2D eigenvalue weighted by Gasteiger charge is 2.18. The Labute approximate surface area is 193 Å². The summed E-state index contributed by atoms with van der Waals surface area (Å²) in [7, 11) is -3.65. The van der Waals surface area contributed by atoms with Gasteiger partial charge in [0.1, 0.15) is 0 Å². The molecule has 1 unspecified atom stereocenters. The van der Waals surface area contributed by atoms with Crippen LogP contribution in [0.15, 0.2) is 29.2 Å². The maximum absolute atomic E-state index is 12.3. The molecule has 0 heterocycles. The molecule has 0 bridgehead atoms. The van der Waals surface area contributed by atoms with Crippen LogP contribution in [-0.4, -0.2) is 14.5 Å². The minimum atomic E-state index is -3.65. The molecule has 4 heteroatoms. The Bertz CT molecular complexity index is 637. The van der Waals surface area contributed by atoms with Crippen molar-refractivity contribution in [2.24, 2.45) is 0 Å². The van der Waals surface area contributed by atoms with Crippen molar-refractivity contribution in [3.8, 4) is 0 Å². The van der Waals surface area contributed by atoms with Crippen LogP contribution in [0.3, 0.4) is 0 Å². The average Bonchev–Trinajstić information content (AvgIpc) is 2.73. The summed E-state index contributed by atoms with van der Waals surface area (Å²) in [6.45, 7) is 6.08. The summed E-state index contributed by atoms with van der Waals surface area (Å²) in [5.41, 5.74) is 1.04. The smallest absolute Gasteiger partial charge is 0.263 e. The van der Waals surface area contributed by atoms with Crippen LogP contribution >= 0.6 is 0 Å². The fourth-order valence-electron chi connectivity index (χ4n) is 4.00. The molecule has 1 aromatic carbocycles. The Hall–Kier alpha value is -0.870. The van der Waals surface area contributed by atoms with Crippen molar-refractivity contribution in [3.05, 3.63) is 29.8 Å². The molecule has 180 valence electrons. The largest absolute Gasteiger partial charge is 0.297 e. The van der Waals surface area contributed by atoms with Crippen molar-refractivity contribution in [2.75, 3.05) is 0 Å². The van der Waals surface area contributed by atoms with Crippen molar-refractivity contribution < 1.29 is 12.6 Å². The van der Waals surface area contributed by atoms with Gasteiger partial charge < -0.3 is 0 Å². The molecule has 0 saturated carbocycles. The van der Waals surface area contributed by atoms with Gasteiger partial charge in [-0.2, -0.15) is 8.42 Å². The third kappa shape index (κ3) is 14.7. The molecule has 0 saturated heterocycles. The highest BCUT2D eigenvalue weighted by atomic mass is 32.2. The maximum atomic E-state index is 12.3. The topological polar surface area (TPSA) is 43.4 Å². The standard InChI is InChI=1S/C27H48O3S/c1-4-5-6-7-8-9-10-11-12-13-14-15-16-17-18-19-20-26(3)30-31(28,29)27-23-21-25(2)22-24-27/h21-24,26H,4-20H2,1-3H3. The Morgan fingerprint density at radius 3 is 1.48 bits per heavy atom. The van der Waals surface area contributed by atoms with Gasteiger partial charge in [0, 0.05) is 0 Å². The third-order valence-corrected chi connectivity index (χ3v) is 7.50. The first-order valence-electron chi connectivity index (χ1n) is 13.0. The fourth-order valence-corrected chi connectivity index (χ4v) is 5.11. The van der Waals surface area contributed by atoms with E-state index in [2.05, 4.69) is 6.92 Å². The molecule has 3 nitrogen and oxygen atoms in total. The van der Waals surface area contributed by atoms with Crippen LogP contribution in [0.1, 0.15) is 129 Å². The van der Waals surface area contributed by atoms with E-state index in [-0.39, 0.29) is 11.0 Å². The van der Waals surface area contributed by atoms with Crippen LogP contribution in [0, 0.1) is 6.92 Å². The van der Waals surface area contributed by atoms with E-state index >= 15 is 0 Å². The average molecular weight is 453 g/mol. The van der Waals surface area contributed by atoms with Crippen LogP contribution in [0.4, 0.5) is 0 Å². The van der Waals surface area contributed by atoms with Gasteiger partial charge in [-0.25, -0.2) is 0 Å². The third-order valence-electron chi connectivity index (χ3n) is 6.06. The van der Waals surface area contributed by atoms with Gasteiger partial charge >= 0.3 is 0 Å².